The molecule has 9 nitrogen and oxygen atoms in total. The van der Waals surface area contributed by atoms with Gasteiger partial charge in [-0.2, -0.15) is 0 Å². The van der Waals surface area contributed by atoms with Crippen LogP contribution in [0.25, 0.3) is 0 Å². The first-order chi connectivity index (χ1) is 19.1. The minimum absolute atomic E-state index is 0.103. The van der Waals surface area contributed by atoms with Crippen molar-refractivity contribution >= 4 is 41.6 Å². The Morgan fingerprint density at radius 1 is 1.00 bits per heavy atom. The van der Waals surface area contributed by atoms with Gasteiger partial charge >= 0.3 is 7.12 Å². The number of nitrogens with zero attached hydrogens (tertiary/aromatic N) is 1. The number of methoxy groups -OCH3 is 1. The molecule has 4 unspecified atom stereocenters. The zero-order chi connectivity index (χ0) is 28.5. The van der Waals surface area contributed by atoms with Crippen molar-refractivity contribution in [3.8, 4) is 11.5 Å². The number of anilines is 1. The maximum Gasteiger partial charge on any atom is 0.488 e. The van der Waals surface area contributed by atoms with Gasteiger partial charge in [0.05, 0.1) is 24.6 Å². The van der Waals surface area contributed by atoms with Crippen LogP contribution in [-0.2, 0) is 19.2 Å². The highest BCUT2D eigenvalue weighted by Gasteiger charge is 2.57. The summed E-state index contributed by atoms with van der Waals surface area (Å²) in [6, 6.07) is 10.7. The van der Waals surface area contributed by atoms with Crippen molar-refractivity contribution in [2.24, 2.45) is 17.8 Å². The zero-order valence-electron chi connectivity index (χ0n) is 21.8. The van der Waals surface area contributed by atoms with E-state index in [1.807, 2.05) is 6.08 Å². The van der Waals surface area contributed by atoms with Crippen LogP contribution >= 0.6 is 0 Å². The summed E-state index contributed by atoms with van der Waals surface area (Å²) in [5.41, 5.74) is 2.23. The number of ether oxygens (including phenoxy) is 1. The molecule has 202 valence electrons. The fourth-order valence-electron chi connectivity index (χ4n) is 6.77. The Balaban J connectivity index is 1.50. The summed E-state index contributed by atoms with van der Waals surface area (Å²) in [7, 11) is -0.320. The molecule has 2 aromatic carbocycles. The van der Waals surface area contributed by atoms with Crippen molar-refractivity contribution < 1.29 is 39.1 Å². The number of benzene rings is 2. The maximum atomic E-state index is 14.0. The number of carbonyl (C=O) groups excluding carboxylic acids is 4. The third-order valence-corrected chi connectivity index (χ3v) is 8.54. The zero-order valence-corrected chi connectivity index (χ0v) is 21.8. The van der Waals surface area contributed by atoms with Crippen LogP contribution in [0.15, 0.2) is 76.9 Å². The molecular formula is C30H26BNO8. The molecule has 4 aliphatic rings. The minimum Gasteiger partial charge on any atom is -0.507 e. The van der Waals surface area contributed by atoms with Crippen LogP contribution < -0.4 is 15.1 Å². The molecule has 3 aliphatic carbocycles. The molecule has 0 spiro atoms. The van der Waals surface area contributed by atoms with Crippen molar-refractivity contribution in [2.75, 3.05) is 12.0 Å². The molecule has 4 atom stereocenters. The Labute approximate surface area is 230 Å². The summed E-state index contributed by atoms with van der Waals surface area (Å²) in [5.74, 6) is -4.18. The number of phenolic OH excluding ortho intramolecular Hbond substituents is 1. The lowest BCUT2D eigenvalue weighted by molar-refractivity contribution is -0.123. The van der Waals surface area contributed by atoms with Gasteiger partial charge in [-0.25, -0.2) is 0 Å². The molecule has 3 N–H and O–H groups in total. The molecule has 0 radical (unpaired) electrons. The van der Waals surface area contributed by atoms with E-state index in [9.17, 15) is 34.3 Å². The number of aromatic hydroxyl groups is 1. The van der Waals surface area contributed by atoms with Gasteiger partial charge in [0.15, 0.2) is 11.6 Å². The SMILES string of the molecule is COc1cccc(O)c1C1C2=CCC3C(=O)N(c4cccc(B(O)O)c4)C(=O)C3C2CC2=C1C(=O)C(C)=CC2=O. The van der Waals surface area contributed by atoms with E-state index < -0.39 is 42.6 Å². The largest absolute Gasteiger partial charge is 0.507 e. The number of allylic oxidation sites excluding steroid dienone is 6. The number of carbonyl (C=O) groups is 4. The van der Waals surface area contributed by atoms with Gasteiger partial charge in [0.25, 0.3) is 0 Å². The van der Waals surface area contributed by atoms with Crippen LogP contribution in [0.5, 0.6) is 11.5 Å². The second-order valence-electron chi connectivity index (χ2n) is 10.6. The van der Waals surface area contributed by atoms with E-state index in [4.69, 9.17) is 4.74 Å². The molecule has 0 aromatic heterocycles. The Morgan fingerprint density at radius 3 is 2.48 bits per heavy atom. The first-order valence-corrected chi connectivity index (χ1v) is 13.0. The number of amides is 2. The highest BCUT2D eigenvalue weighted by molar-refractivity contribution is 6.58. The number of imide groups is 1. The quantitative estimate of drug-likeness (QED) is 0.231. The number of hydrogen-bond donors (Lipinski definition) is 3. The Bertz CT molecular complexity index is 1600. The van der Waals surface area contributed by atoms with Crippen LogP contribution in [0.3, 0.4) is 0 Å². The molecule has 40 heavy (non-hydrogen) atoms. The van der Waals surface area contributed by atoms with Crippen molar-refractivity contribution in [2.45, 2.75) is 25.7 Å². The molecule has 10 heteroatoms. The average Bonchev–Trinajstić information content (AvgIpc) is 3.20. The molecule has 1 aliphatic heterocycles. The highest BCUT2D eigenvalue weighted by Crippen LogP contribution is 2.57. The van der Waals surface area contributed by atoms with Crippen LogP contribution in [0.2, 0.25) is 0 Å². The van der Waals surface area contributed by atoms with Gasteiger partial charge in [-0.05, 0) is 61.5 Å². The van der Waals surface area contributed by atoms with Gasteiger partial charge < -0.3 is 19.9 Å². The molecule has 1 saturated heterocycles. The summed E-state index contributed by atoms with van der Waals surface area (Å²) in [5, 5.41) is 30.2. The molecule has 1 fully saturated rings. The van der Waals surface area contributed by atoms with Crippen LogP contribution in [0.1, 0.15) is 31.2 Å². The summed E-state index contributed by atoms with van der Waals surface area (Å²) in [4.78, 5) is 55.5. The molecule has 0 saturated carbocycles. The lowest BCUT2D eigenvalue weighted by Crippen LogP contribution is -2.40. The fraction of sp³-hybridized carbons (Fsp3) is 0.267. The van der Waals surface area contributed by atoms with Crippen LogP contribution in [0.4, 0.5) is 5.69 Å². The van der Waals surface area contributed by atoms with Crippen molar-refractivity contribution in [3.05, 3.63) is 82.5 Å². The smallest absolute Gasteiger partial charge is 0.488 e. The highest BCUT2D eigenvalue weighted by atomic mass is 16.5. The van der Waals surface area contributed by atoms with Crippen molar-refractivity contribution in [1.29, 1.82) is 0 Å². The monoisotopic (exact) mass is 539 g/mol. The van der Waals surface area contributed by atoms with E-state index in [1.165, 1.54) is 37.5 Å². The van der Waals surface area contributed by atoms with E-state index in [1.54, 1.807) is 25.1 Å². The van der Waals surface area contributed by atoms with Gasteiger partial charge in [-0.15, -0.1) is 0 Å². The Morgan fingerprint density at radius 2 is 1.75 bits per heavy atom. The third-order valence-electron chi connectivity index (χ3n) is 8.54. The number of Topliss-reactive ketones (excluding diaryl/α,β-unsaturated/α-hetero) is 1. The average molecular weight is 539 g/mol. The summed E-state index contributed by atoms with van der Waals surface area (Å²) >= 11 is 0. The van der Waals surface area contributed by atoms with Gasteiger partial charge in [0.1, 0.15) is 11.5 Å². The summed E-state index contributed by atoms with van der Waals surface area (Å²) in [6.45, 7) is 1.58. The summed E-state index contributed by atoms with van der Waals surface area (Å²) < 4.78 is 5.57. The molecule has 6 rings (SSSR count). The maximum absolute atomic E-state index is 14.0. The second-order valence-corrected chi connectivity index (χ2v) is 10.6. The fourth-order valence-corrected chi connectivity index (χ4v) is 6.77. The Kier molecular flexibility index (Phi) is 6.12. The molecule has 2 amide bonds. The Hall–Kier alpha value is -4.28. The second kappa shape index (κ2) is 9.43. The van der Waals surface area contributed by atoms with Gasteiger partial charge in [-0.3, -0.25) is 24.1 Å². The number of hydrogen-bond acceptors (Lipinski definition) is 8. The van der Waals surface area contributed by atoms with E-state index in [2.05, 4.69) is 0 Å². The van der Waals surface area contributed by atoms with E-state index in [0.29, 0.717) is 22.5 Å². The topological polar surface area (TPSA) is 141 Å². The number of phenols is 1. The predicted octanol–water partition coefficient (Wildman–Crippen LogP) is 1.71. The van der Waals surface area contributed by atoms with Crippen LogP contribution in [0, 0.1) is 17.8 Å². The first-order valence-electron chi connectivity index (χ1n) is 13.0. The lowest BCUT2D eigenvalue weighted by atomic mass is 9.59. The molecular weight excluding hydrogens is 513 g/mol. The van der Waals surface area contributed by atoms with Gasteiger partial charge in [-0.1, -0.05) is 29.8 Å². The van der Waals surface area contributed by atoms with Crippen molar-refractivity contribution in [3.63, 3.8) is 0 Å². The van der Waals surface area contributed by atoms with E-state index in [-0.39, 0.29) is 52.5 Å². The molecule has 0 bridgehead atoms. The van der Waals surface area contributed by atoms with E-state index >= 15 is 0 Å². The van der Waals surface area contributed by atoms with Crippen molar-refractivity contribution in [1.82, 2.24) is 0 Å². The number of rotatable bonds is 4. The van der Waals surface area contributed by atoms with Gasteiger partial charge in [0, 0.05) is 28.2 Å². The summed E-state index contributed by atoms with van der Waals surface area (Å²) in [6.07, 6.45) is 3.49. The standard InChI is InChI=1S/C30H26BNO8/c1-14-11-22(34)20-13-19-17(25(26(20)28(14)35)27-21(33)7-4-8-23(27)40-2)9-10-18-24(19)30(37)32(29(18)36)16-6-3-5-15(12-16)31(38)39/h3-9,11-12,18-19,24-25,33,38-39H,10,13H2,1-2H3. The van der Waals surface area contributed by atoms with Gasteiger partial charge in [0.2, 0.25) is 11.8 Å². The molecule has 1 heterocycles. The first kappa shape index (κ1) is 26.0. The minimum atomic E-state index is -1.77. The number of ketones is 2. The number of fused-ring (bicyclic) bond motifs is 3. The molecule has 2 aromatic rings. The van der Waals surface area contributed by atoms with E-state index in [0.717, 1.165) is 4.90 Å². The predicted molar refractivity (Wildman–Crippen MR) is 145 cm³/mol. The lowest BCUT2D eigenvalue weighted by Gasteiger charge is -2.42. The third kappa shape index (κ3) is 3.71. The normalized spacial score (nSPS) is 25.8. The van der Waals surface area contributed by atoms with Crippen LogP contribution in [-0.4, -0.2) is 52.8 Å².